The van der Waals surface area contributed by atoms with E-state index in [2.05, 4.69) is 128 Å². The van der Waals surface area contributed by atoms with E-state index in [1.54, 1.807) is 0 Å². The van der Waals surface area contributed by atoms with Gasteiger partial charge < -0.3 is 10.1 Å². The van der Waals surface area contributed by atoms with E-state index in [1.807, 2.05) is 6.20 Å². The molecule has 0 aliphatic carbocycles. The van der Waals surface area contributed by atoms with Gasteiger partial charge in [0.05, 0.1) is 5.76 Å². The van der Waals surface area contributed by atoms with Crippen LogP contribution in [-0.2, 0) is 24.9 Å². The fourth-order valence-corrected chi connectivity index (χ4v) is 6.54. The maximum absolute atomic E-state index is 12.3. The number of carbonyl (C=O) groups is 1. The summed E-state index contributed by atoms with van der Waals surface area (Å²) >= 11 is 0. The fourth-order valence-electron chi connectivity index (χ4n) is 6.54. The van der Waals surface area contributed by atoms with Gasteiger partial charge in [-0.05, 0) is 45.3 Å². The molecule has 4 aromatic carbocycles. The quantitative estimate of drug-likeness (QED) is 0.0783. The molecule has 5 rings (SSSR count). The van der Waals surface area contributed by atoms with Crippen molar-refractivity contribution >= 4 is 49.0 Å². The molecule has 1 aromatic heterocycles. The molecule has 0 unspecified atom stereocenters. The average molecular weight is 739 g/mol. The standard InChI is InChI=1S/C21H12N.C17H32O2.Ir/c1-3-7-16-14(5-1)9-10-20-18(16)11-12-19-17-8-4-2-6-15(17)13-22-21(19)20;1-10(2)16(11(3)4)14(18)9-15(19)17(12(5)6)13(7)8;/h1-9,11-13H;9-13,16-18H,1-8H3;/q-1;;/b;14-9-;. The molecule has 0 amide bonds. The molecule has 1 N–H and O–H groups in total. The normalized spacial score (nSPS) is 12.3. The van der Waals surface area contributed by atoms with Gasteiger partial charge >= 0.3 is 0 Å². The molecule has 0 bridgehead atoms. The number of aliphatic hydroxyl groups excluding tert-OH is 1. The van der Waals surface area contributed by atoms with Crippen LogP contribution in [0.5, 0.6) is 0 Å². The number of hydrogen-bond acceptors (Lipinski definition) is 3. The number of hydrogen-bond donors (Lipinski definition) is 1. The molecular formula is C38H44IrNO2-. The molecule has 0 fully saturated rings. The van der Waals surface area contributed by atoms with Gasteiger partial charge in [-0.2, -0.15) is 0 Å². The molecule has 0 saturated heterocycles. The number of aliphatic hydroxyl groups is 1. The van der Waals surface area contributed by atoms with Crippen molar-refractivity contribution in [2.24, 2.45) is 35.5 Å². The zero-order valence-corrected chi connectivity index (χ0v) is 28.5. The number of benzene rings is 4. The Balaban J connectivity index is 0.000000229. The second kappa shape index (κ2) is 14.4. The van der Waals surface area contributed by atoms with E-state index in [0.717, 1.165) is 10.9 Å². The van der Waals surface area contributed by atoms with Gasteiger partial charge in [0.15, 0.2) is 5.78 Å². The van der Waals surface area contributed by atoms with Gasteiger partial charge in [-0.3, -0.25) is 4.79 Å². The topological polar surface area (TPSA) is 50.2 Å². The predicted octanol–water partition coefficient (Wildman–Crippen LogP) is 10.3. The first-order chi connectivity index (χ1) is 19.5. The van der Waals surface area contributed by atoms with Crippen molar-refractivity contribution in [1.82, 2.24) is 4.98 Å². The molecular weight excluding hydrogens is 695 g/mol. The monoisotopic (exact) mass is 739 g/mol. The van der Waals surface area contributed by atoms with E-state index < -0.39 is 0 Å². The Kier molecular flexibility index (Phi) is 11.5. The van der Waals surface area contributed by atoms with Crippen molar-refractivity contribution < 1.29 is 30.0 Å². The smallest absolute Gasteiger partial charge is 0.162 e. The van der Waals surface area contributed by atoms with Crippen LogP contribution in [0.15, 0.2) is 84.8 Å². The molecule has 4 heteroatoms. The molecule has 223 valence electrons. The Hall–Kier alpha value is -3.07. The summed E-state index contributed by atoms with van der Waals surface area (Å²) in [5.41, 5.74) is 1.03. The van der Waals surface area contributed by atoms with Gasteiger partial charge in [-0.15, -0.1) is 17.5 Å². The first-order valence-electron chi connectivity index (χ1n) is 14.9. The third-order valence-electron chi connectivity index (χ3n) is 8.22. The third-order valence-corrected chi connectivity index (χ3v) is 8.22. The van der Waals surface area contributed by atoms with Crippen LogP contribution >= 0.6 is 0 Å². The Morgan fingerprint density at radius 3 is 1.76 bits per heavy atom. The van der Waals surface area contributed by atoms with E-state index in [0.29, 0.717) is 23.7 Å². The summed E-state index contributed by atoms with van der Waals surface area (Å²) in [4.78, 5) is 17.1. The molecule has 0 aliphatic heterocycles. The number of rotatable bonds is 7. The SMILES string of the molecule is CC(C)C(C(=O)/C=C(\O)C(C(C)C)C(C)C)C(C)C.[Ir].[c-]1cc2ccccc2c2ccc3c4ccccc4cnc3c12. The minimum Gasteiger partial charge on any atom is -0.512 e. The Labute approximate surface area is 264 Å². The number of carbonyl (C=O) groups excluding carboxylic acids is 1. The van der Waals surface area contributed by atoms with Gasteiger partial charge in [0, 0.05) is 44.2 Å². The molecule has 1 radical (unpaired) electrons. The third kappa shape index (κ3) is 7.10. The summed E-state index contributed by atoms with van der Waals surface area (Å²) in [6.45, 7) is 16.6. The molecule has 0 spiro atoms. The molecule has 5 aromatic rings. The minimum atomic E-state index is -0.0119. The van der Waals surface area contributed by atoms with E-state index in [9.17, 15) is 9.90 Å². The van der Waals surface area contributed by atoms with Crippen molar-refractivity contribution in [2.75, 3.05) is 0 Å². The number of ketones is 1. The van der Waals surface area contributed by atoms with Crippen LogP contribution in [0.3, 0.4) is 0 Å². The van der Waals surface area contributed by atoms with Crippen LogP contribution in [0, 0.1) is 41.6 Å². The Bertz CT molecular complexity index is 1590. The van der Waals surface area contributed by atoms with E-state index in [1.165, 1.54) is 38.4 Å². The van der Waals surface area contributed by atoms with Crippen LogP contribution in [0.2, 0.25) is 0 Å². The van der Waals surface area contributed by atoms with Crippen LogP contribution in [-0.4, -0.2) is 15.9 Å². The second-order valence-electron chi connectivity index (χ2n) is 12.6. The summed E-state index contributed by atoms with van der Waals surface area (Å²) in [6, 6.07) is 26.7. The van der Waals surface area contributed by atoms with Crippen LogP contribution < -0.4 is 0 Å². The van der Waals surface area contributed by atoms with Gasteiger partial charge in [0.1, 0.15) is 0 Å². The number of pyridine rings is 1. The zero-order valence-electron chi connectivity index (χ0n) is 26.1. The van der Waals surface area contributed by atoms with Crippen molar-refractivity contribution in [3.05, 3.63) is 90.8 Å². The van der Waals surface area contributed by atoms with E-state index in [-0.39, 0.29) is 43.5 Å². The van der Waals surface area contributed by atoms with Gasteiger partial charge in [-0.25, -0.2) is 0 Å². The molecule has 42 heavy (non-hydrogen) atoms. The van der Waals surface area contributed by atoms with Crippen molar-refractivity contribution in [2.45, 2.75) is 55.4 Å². The van der Waals surface area contributed by atoms with Crippen LogP contribution in [0.1, 0.15) is 55.4 Å². The van der Waals surface area contributed by atoms with Crippen LogP contribution in [0.4, 0.5) is 0 Å². The maximum atomic E-state index is 12.3. The summed E-state index contributed by atoms with van der Waals surface area (Å²) in [5.74, 6) is 1.63. The Morgan fingerprint density at radius 1 is 0.690 bits per heavy atom. The molecule has 0 atom stereocenters. The molecule has 0 aliphatic rings. The van der Waals surface area contributed by atoms with E-state index in [4.69, 9.17) is 4.98 Å². The molecule has 3 nitrogen and oxygen atoms in total. The zero-order chi connectivity index (χ0) is 29.8. The van der Waals surface area contributed by atoms with Crippen molar-refractivity contribution in [3.8, 4) is 0 Å². The first kappa shape index (κ1) is 33.4. The number of aromatic nitrogens is 1. The fraction of sp³-hybridized carbons (Fsp3) is 0.368. The van der Waals surface area contributed by atoms with Crippen molar-refractivity contribution in [1.29, 1.82) is 0 Å². The van der Waals surface area contributed by atoms with Crippen LogP contribution in [0.25, 0.3) is 43.2 Å². The number of nitrogens with zero attached hydrogens (tertiary/aromatic N) is 1. The van der Waals surface area contributed by atoms with Gasteiger partial charge in [0.2, 0.25) is 0 Å². The van der Waals surface area contributed by atoms with Crippen molar-refractivity contribution in [3.63, 3.8) is 0 Å². The number of fused-ring (bicyclic) bond motifs is 7. The summed E-state index contributed by atoms with van der Waals surface area (Å²) in [7, 11) is 0. The largest absolute Gasteiger partial charge is 0.512 e. The molecule has 0 saturated carbocycles. The Morgan fingerprint density at radius 2 is 1.19 bits per heavy atom. The summed E-state index contributed by atoms with van der Waals surface area (Å²) in [5, 5.41) is 18.7. The maximum Gasteiger partial charge on any atom is 0.162 e. The minimum absolute atomic E-state index is 0. The molecule has 1 heterocycles. The van der Waals surface area contributed by atoms with Gasteiger partial charge in [-0.1, -0.05) is 132 Å². The van der Waals surface area contributed by atoms with E-state index >= 15 is 0 Å². The summed E-state index contributed by atoms with van der Waals surface area (Å²) < 4.78 is 0. The predicted molar refractivity (Wildman–Crippen MR) is 175 cm³/mol. The van der Waals surface area contributed by atoms with Gasteiger partial charge in [0.25, 0.3) is 0 Å². The average Bonchev–Trinajstić information content (AvgIpc) is 2.91. The first-order valence-corrected chi connectivity index (χ1v) is 14.9. The second-order valence-corrected chi connectivity index (χ2v) is 12.6. The number of allylic oxidation sites excluding steroid dienone is 2. The summed E-state index contributed by atoms with van der Waals surface area (Å²) in [6.07, 6.45) is 3.44.